The van der Waals surface area contributed by atoms with Crippen molar-refractivity contribution in [3.63, 3.8) is 0 Å². The number of hydrogen-bond donors (Lipinski definition) is 2. The maximum Gasteiger partial charge on any atom is 0.0341 e. The van der Waals surface area contributed by atoms with Crippen molar-refractivity contribution in [2.75, 3.05) is 24.2 Å². The van der Waals surface area contributed by atoms with Gasteiger partial charge in [-0.25, -0.2) is 0 Å². The Bertz CT molecular complexity index is 471. The molecule has 2 nitrogen and oxygen atoms in total. The molecule has 0 radical (unpaired) electrons. The molecule has 0 saturated carbocycles. The first-order valence-corrected chi connectivity index (χ1v) is 6.35. The van der Waals surface area contributed by atoms with Gasteiger partial charge in [0.1, 0.15) is 0 Å². The Balaban J connectivity index is 1.82. The minimum atomic E-state index is 0.960. The SMILES string of the molecule is CNc1ccc(NCCc2ccc(C)cc2)cc1. The third kappa shape index (κ3) is 3.52. The molecule has 0 amide bonds. The highest BCUT2D eigenvalue weighted by Gasteiger charge is 1.94. The molecule has 0 aromatic heterocycles. The lowest BCUT2D eigenvalue weighted by Gasteiger charge is -2.07. The lowest BCUT2D eigenvalue weighted by Crippen LogP contribution is -2.04. The van der Waals surface area contributed by atoms with Gasteiger partial charge in [0, 0.05) is 25.0 Å². The maximum absolute atomic E-state index is 3.43. The first-order chi connectivity index (χ1) is 8.78. The summed E-state index contributed by atoms with van der Waals surface area (Å²) in [6, 6.07) is 17.1. The summed E-state index contributed by atoms with van der Waals surface area (Å²) in [6.07, 6.45) is 1.05. The van der Waals surface area contributed by atoms with Gasteiger partial charge in [-0.3, -0.25) is 0 Å². The van der Waals surface area contributed by atoms with Crippen LogP contribution in [-0.2, 0) is 6.42 Å². The molecule has 0 heterocycles. The van der Waals surface area contributed by atoms with E-state index in [1.54, 1.807) is 0 Å². The Morgan fingerprint density at radius 1 is 0.833 bits per heavy atom. The second-order valence-corrected chi connectivity index (χ2v) is 4.49. The van der Waals surface area contributed by atoms with Crippen molar-refractivity contribution >= 4 is 11.4 Å². The van der Waals surface area contributed by atoms with Gasteiger partial charge < -0.3 is 10.6 Å². The molecule has 0 aliphatic carbocycles. The normalized spacial score (nSPS) is 10.1. The number of rotatable bonds is 5. The van der Waals surface area contributed by atoms with Crippen LogP contribution in [0.3, 0.4) is 0 Å². The topological polar surface area (TPSA) is 24.1 Å². The molecule has 0 fully saturated rings. The van der Waals surface area contributed by atoms with Crippen LogP contribution in [0.1, 0.15) is 11.1 Å². The number of hydrogen-bond acceptors (Lipinski definition) is 2. The van der Waals surface area contributed by atoms with Crippen molar-refractivity contribution in [2.24, 2.45) is 0 Å². The number of benzene rings is 2. The average Bonchev–Trinajstić information content (AvgIpc) is 2.42. The molecule has 2 aromatic carbocycles. The van der Waals surface area contributed by atoms with Crippen molar-refractivity contribution in [3.05, 3.63) is 59.7 Å². The van der Waals surface area contributed by atoms with Gasteiger partial charge in [0.25, 0.3) is 0 Å². The summed E-state index contributed by atoms with van der Waals surface area (Å²) in [5, 5.41) is 6.54. The second-order valence-electron chi connectivity index (χ2n) is 4.49. The molecule has 2 aromatic rings. The lowest BCUT2D eigenvalue weighted by molar-refractivity contribution is 1.02. The number of nitrogens with one attached hydrogen (secondary N) is 2. The van der Waals surface area contributed by atoms with Crippen LogP contribution in [-0.4, -0.2) is 13.6 Å². The zero-order chi connectivity index (χ0) is 12.8. The minimum absolute atomic E-state index is 0.960. The fourth-order valence-electron chi connectivity index (χ4n) is 1.86. The molecule has 2 N–H and O–H groups in total. The molecule has 94 valence electrons. The summed E-state index contributed by atoms with van der Waals surface area (Å²) in [5.74, 6) is 0. The van der Waals surface area contributed by atoms with Crippen LogP contribution in [0.2, 0.25) is 0 Å². The highest BCUT2D eigenvalue weighted by molar-refractivity contribution is 5.53. The van der Waals surface area contributed by atoms with Gasteiger partial charge in [0.05, 0.1) is 0 Å². The van der Waals surface area contributed by atoms with Crippen LogP contribution in [0.4, 0.5) is 11.4 Å². The van der Waals surface area contributed by atoms with E-state index in [-0.39, 0.29) is 0 Å². The zero-order valence-electron chi connectivity index (χ0n) is 11.0. The Labute approximate surface area is 109 Å². The van der Waals surface area contributed by atoms with E-state index in [0.717, 1.165) is 18.7 Å². The molecular formula is C16H20N2. The Morgan fingerprint density at radius 2 is 1.44 bits per heavy atom. The highest BCUT2D eigenvalue weighted by atomic mass is 14.9. The van der Waals surface area contributed by atoms with Crippen molar-refractivity contribution in [3.8, 4) is 0 Å². The molecule has 0 unspecified atom stereocenters. The molecular weight excluding hydrogens is 220 g/mol. The van der Waals surface area contributed by atoms with Gasteiger partial charge >= 0.3 is 0 Å². The van der Waals surface area contributed by atoms with E-state index in [9.17, 15) is 0 Å². The van der Waals surface area contributed by atoms with Crippen molar-refractivity contribution < 1.29 is 0 Å². The van der Waals surface area contributed by atoms with Crippen molar-refractivity contribution in [1.82, 2.24) is 0 Å². The summed E-state index contributed by atoms with van der Waals surface area (Å²) in [4.78, 5) is 0. The summed E-state index contributed by atoms with van der Waals surface area (Å²) >= 11 is 0. The fourth-order valence-corrected chi connectivity index (χ4v) is 1.86. The standard InChI is InChI=1S/C16H20N2/c1-13-3-5-14(6-4-13)11-12-18-16-9-7-15(17-2)8-10-16/h3-10,17-18H,11-12H2,1-2H3. The molecule has 0 aliphatic rings. The predicted molar refractivity (Wildman–Crippen MR) is 79.4 cm³/mol. The molecule has 2 rings (SSSR count). The minimum Gasteiger partial charge on any atom is -0.388 e. The van der Waals surface area contributed by atoms with Crippen LogP contribution in [0, 0.1) is 6.92 Å². The van der Waals surface area contributed by atoms with Gasteiger partial charge in [-0.1, -0.05) is 29.8 Å². The van der Waals surface area contributed by atoms with Crippen LogP contribution in [0.25, 0.3) is 0 Å². The number of aryl methyl sites for hydroxylation is 1. The van der Waals surface area contributed by atoms with Gasteiger partial charge in [-0.2, -0.15) is 0 Å². The van der Waals surface area contributed by atoms with Gasteiger partial charge in [0.15, 0.2) is 0 Å². The van der Waals surface area contributed by atoms with E-state index in [0.29, 0.717) is 0 Å². The van der Waals surface area contributed by atoms with Gasteiger partial charge in [-0.05, 0) is 43.2 Å². The van der Waals surface area contributed by atoms with E-state index in [4.69, 9.17) is 0 Å². The maximum atomic E-state index is 3.43. The zero-order valence-corrected chi connectivity index (χ0v) is 11.0. The monoisotopic (exact) mass is 240 g/mol. The Hall–Kier alpha value is -1.96. The summed E-state index contributed by atoms with van der Waals surface area (Å²) in [5.41, 5.74) is 4.99. The van der Waals surface area contributed by atoms with Crippen molar-refractivity contribution in [2.45, 2.75) is 13.3 Å². The highest BCUT2D eigenvalue weighted by Crippen LogP contribution is 2.13. The third-order valence-electron chi connectivity index (χ3n) is 3.04. The quantitative estimate of drug-likeness (QED) is 0.833. The first kappa shape index (κ1) is 12.5. The van der Waals surface area contributed by atoms with Gasteiger partial charge in [0.2, 0.25) is 0 Å². The predicted octanol–water partition coefficient (Wildman–Crippen LogP) is 3.69. The van der Waals surface area contributed by atoms with E-state index in [2.05, 4.69) is 66.1 Å². The van der Waals surface area contributed by atoms with Gasteiger partial charge in [-0.15, -0.1) is 0 Å². The Kier molecular flexibility index (Phi) is 4.24. The summed E-state index contributed by atoms with van der Waals surface area (Å²) < 4.78 is 0. The van der Waals surface area contributed by atoms with Crippen LogP contribution >= 0.6 is 0 Å². The summed E-state index contributed by atoms with van der Waals surface area (Å²) in [6.45, 7) is 3.08. The van der Waals surface area contributed by atoms with E-state index < -0.39 is 0 Å². The largest absolute Gasteiger partial charge is 0.388 e. The van der Waals surface area contributed by atoms with Crippen molar-refractivity contribution in [1.29, 1.82) is 0 Å². The second kappa shape index (κ2) is 6.10. The number of anilines is 2. The molecule has 0 spiro atoms. The molecule has 0 aliphatic heterocycles. The fraction of sp³-hybridized carbons (Fsp3) is 0.250. The van der Waals surface area contributed by atoms with Crippen LogP contribution in [0.15, 0.2) is 48.5 Å². The van der Waals surface area contributed by atoms with E-state index >= 15 is 0 Å². The average molecular weight is 240 g/mol. The van der Waals surface area contributed by atoms with E-state index in [1.165, 1.54) is 16.8 Å². The molecule has 0 bridgehead atoms. The smallest absolute Gasteiger partial charge is 0.0341 e. The molecule has 0 atom stereocenters. The van der Waals surface area contributed by atoms with E-state index in [1.807, 2.05) is 7.05 Å². The lowest BCUT2D eigenvalue weighted by atomic mass is 10.1. The molecule has 18 heavy (non-hydrogen) atoms. The molecule has 0 saturated heterocycles. The third-order valence-corrected chi connectivity index (χ3v) is 3.04. The van der Waals surface area contributed by atoms with Crippen LogP contribution in [0.5, 0.6) is 0 Å². The first-order valence-electron chi connectivity index (χ1n) is 6.35. The Morgan fingerprint density at radius 3 is 2.06 bits per heavy atom. The summed E-state index contributed by atoms with van der Waals surface area (Å²) in [7, 11) is 1.93. The molecule has 2 heteroatoms. The van der Waals surface area contributed by atoms with Crippen LogP contribution < -0.4 is 10.6 Å².